The third-order valence-corrected chi connectivity index (χ3v) is 6.80. The van der Waals surface area contributed by atoms with E-state index in [1.807, 2.05) is 12.1 Å². The van der Waals surface area contributed by atoms with Crippen LogP contribution >= 0.6 is 11.3 Å². The lowest BCUT2D eigenvalue weighted by atomic mass is 9.87. The van der Waals surface area contributed by atoms with Gasteiger partial charge in [-0.25, -0.2) is 0 Å². The van der Waals surface area contributed by atoms with Gasteiger partial charge in [-0.1, -0.05) is 0 Å². The van der Waals surface area contributed by atoms with Crippen LogP contribution in [0, 0.1) is 5.41 Å². The van der Waals surface area contributed by atoms with Crippen LogP contribution in [0.1, 0.15) is 68.1 Å². The molecule has 3 rings (SSSR count). The summed E-state index contributed by atoms with van der Waals surface area (Å²) in [5.41, 5.74) is 0.241. The van der Waals surface area contributed by atoms with E-state index in [0.29, 0.717) is 18.1 Å². The second kappa shape index (κ2) is 11.3. The molecule has 6 nitrogen and oxygen atoms in total. The number of benzene rings is 1. The van der Waals surface area contributed by atoms with Crippen molar-refractivity contribution in [3.05, 3.63) is 28.6 Å². The Morgan fingerprint density at radius 3 is 2.72 bits per heavy atom. The van der Waals surface area contributed by atoms with Crippen LogP contribution in [-0.4, -0.2) is 45.0 Å². The number of ketones is 1. The van der Waals surface area contributed by atoms with E-state index in [2.05, 4.69) is 6.07 Å². The zero-order chi connectivity index (χ0) is 23.1. The van der Waals surface area contributed by atoms with E-state index in [-0.39, 0.29) is 24.5 Å². The Hall–Kier alpha value is -1.96. The van der Waals surface area contributed by atoms with Gasteiger partial charge in [0.15, 0.2) is 12.1 Å². The molecule has 0 aliphatic carbocycles. The van der Waals surface area contributed by atoms with Crippen molar-refractivity contribution in [3.8, 4) is 5.75 Å². The van der Waals surface area contributed by atoms with E-state index >= 15 is 0 Å². The lowest BCUT2D eigenvalue weighted by molar-refractivity contribution is -0.162. The highest BCUT2D eigenvalue weighted by molar-refractivity contribution is 7.20. The summed E-state index contributed by atoms with van der Waals surface area (Å²) in [7, 11) is 1.67. The molecule has 0 unspecified atom stereocenters. The Morgan fingerprint density at radius 2 is 2.03 bits per heavy atom. The van der Waals surface area contributed by atoms with Gasteiger partial charge in [0.05, 0.1) is 30.6 Å². The second-order valence-corrected chi connectivity index (χ2v) is 9.87. The van der Waals surface area contributed by atoms with Crippen molar-refractivity contribution >= 4 is 33.2 Å². The Labute approximate surface area is 194 Å². The Morgan fingerprint density at radius 1 is 1.22 bits per heavy atom. The minimum atomic E-state index is -0.853. The molecule has 1 fully saturated rings. The lowest BCUT2D eigenvalue weighted by Crippen LogP contribution is -2.29. The molecule has 176 valence electrons. The van der Waals surface area contributed by atoms with Gasteiger partial charge in [0, 0.05) is 17.7 Å². The summed E-state index contributed by atoms with van der Waals surface area (Å²) in [5, 5.41) is 1.01. The molecule has 0 saturated carbocycles. The molecule has 0 amide bonds. The fraction of sp³-hybridized carbons (Fsp3) is 0.600. The second-order valence-electron chi connectivity index (χ2n) is 8.79. The third kappa shape index (κ3) is 6.30. The highest BCUT2D eigenvalue weighted by atomic mass is 32.1. The van der Waals surface area contributed by atoms with E-state index in [4.69, 9.17) is 18.9 Å². The highest BCUT2D eigenvalue weighted by Gasteiger charge is 2.32. The van der Waals surface area contributed by atoms with E-state index in [9.17, 15) is 9.59 Å². The molecule has 7 heteroatoms. The van der Waals surface area contributed by atoms with Crippen molar-refractivity contribution in [1.29, 1.82) is 0 Å². The first-order valence-electron chi connectivity index (χ1n) is 11.4. The number of Topliss-reactive ketones (excluding diaryl/α,β-unsaturated/α-hetero) is 1. The minimum Gasteiger partial charge on any atom is -0.496 e. The molecule has 0 spiro atoms. The van der Waals surface area contributed by atoms with E-state index in [0.717, 1.165) is 60.1 Å². The monoisotopic (exact) mass is 462 g/mol. The first-order valence-corrected chi connectivity index (χ1v) is 12.2. The molecule has 1 aliphatic rings. The average Bonchev–Trinajstić information content (AvgIpc) is 3.20. The van der Waals surface area contributed by atoms with Gasteiger partial charge in [-0.2, -0.15) is 0 Å². The van der Waals surface area contributed by atoms with Crippen LogP contribution in [0.3, 0.4) is 0 Å². The number of carbonyl (C=O) groups excluding carboxylic acids is 2. The van der Waals surface area contributed by atoms with Gasteiger partial charge in [0.25, 0.3) is 0 Å². The van der Waals surface area contributed by atoms with E-state index < -0.39 is 5.41 Å². The van der Waals surface area contributed by atoms with Gasteiger partial charge in [0.2, 0.25) is 0 Å². The van der Waals surface area contributed by atoms with Crippen LogP contribution < -0.4 is 4.74 Å². The van der Waals surface area contributed by atoms with Crippen molar-refractivity contribution in [1.82, 2.24) is 0 Å². The van der Waals surface area contributed by atoms with Gasteiger partial charge in [0.1, 0.15) is 5.75 Å². The maximum absolute atomic E-state index is 12.9. The molecule has 32 heavy (non-hydrogen) atoms. The molecule has 0 radical (unpaired) electrons. The van der Waals surface area contributed by atoms with E-state index in [1.165, 1.54) is 11.3 Å². The fourth-order valence-corrected chi connectivity index (χ4v) is 4.86. The number of carbonyl (C=O) groups is 2. The number of esters is 1. The maximum Gasteiger partial charge on any atom is 0.311 e. The molecule has 2 heterocycles. The molecule has 1 atom stereocenters. The summed E-state index contributed by atoms with van der Waals surface area (Å²) in [6, 6.07) is 6.00. The topological polar surface area (TPSA) is 71.1 Å². The maximum atomic E-state index is 12.9. The highest BCUT2D eigenvalue weighted by Crippen LogP contribution is 2.35. The molecule has 1 aromatic heterocycles. The quantitative estimate of drug-likeness (QED) is 0.248. The first kappa shape index (κ1) is 24.7. The average molecular weight is 463 g/mol. The third-order valence-electron chi connectivity index (χ3n) is 5.66. The fourth-order valence-electron chi connectivity index (χ4n) is 3.85. The van der Waals surface area contributed by atoms with Gasteiger partial charge in [-0.05, 0) is 82.0 Å². The van der Waals surface area contributed by atoms with Crippen LogP contribution in [0.2, 0.25) is 0 Å². The van der Waals surface area contributed by atoms with Crippen LogP contribution in [0.4, 0.5) is 0 Å². The van der Waals surface area contributed by atoms with Crippen LogP contribution in [0.15, 0.2) is 18.2 Å². The number of methoxy groups -OCH3 is 1. The number of hydrogen-bond acceptors (Lipinski definition) is 7. The Balaban J connectivity index is 1.65. The normalized spacial score (nSPS) is 16.8. The van der Waals surface area contributed by atoms with Crippen molar-refractivity contribution in [2.75, 3.05) is 26.9 Å². The van der Waals surface area contributed by atoms with Gasteiger partial charge in [-0.15, -0.1) is 11.3 Å². The summed E-state index contributed by atoms with van der Waals surface area (Å²) in [5.74, 6) is 0.420. The molecule has 1 saturated heterocycles. The lowest BCUT2D eigenvalue weighted by Gasteiger charge is -2.22. The zero-order valence-electron chi connectivity index (χ0n) is 19.5. The number of aryl methyl sites for hydroxylation is 1. The molecular weight excluding hydrogens is 428 g/mol. The predicted octanol–water partition coefficient (Wildman–Crippen LogP) is 5.55. The minimum absolute atomic E-state index is 0.0503. The smallest absolute Gasteiger partial charge is 0.311 e. The van der Waals surface area contributed by atoms with Crippen molar-refractivity contribution in [2.24, 2.45) is 5.41 Å². The molecular formula is C25H34O6S. The first-order chi connectivity index (χ1) is 15.3. The van der Waals surface area contributed by atoms with Crippen LogP contribution in [0.25, 0.3) is 10.1 Å². The Bertz CT molecular complexity index is 926. The van der Waals surface area contributed by atoms with Gasteiger partial charge < -0.3 is 18.9 Å². The molecule has 0 N–H and O–H groups in total. The summed E-state index contributed by atoms with van der Waals surface area (Å²) in [6.45, 7) is 6.99. The summed E-state index contributed by atoms with van der Waals surface area (Å²) in [4.78, 5) is 25.7. The number of thiophene rings is 1. The van der Waals surface area contributed by atoms with Crippen molar-refractivity contribution in [2.45, 2.75) is 65.6 Å². The number of fused-ring (bicyclic) bond motifs is 1. The molecule has 0 bridgehead atoms. The van der Waals surface area contributed by atoms with Crippen molar-refractivity contribution in [3.63, 3.8) is 0 Å². The zero-order valence-corrected chi connectivity index (χ0v) is 20.3. The molecule has 1 aliphatic heterocycles. The van der Waals surface area contributed by atoms with Gasteiger partial charge in [-0.3, -0.25) is 9.59 Å². The van der Waals surface area contributed by atoms with Crippen molar-refractivity contribution < 1.29 is 28.5 Å². The summed E-state index contributed by atoms with van der Waals surface area (Å²) in [6.07, 6.45) is 4.97. The van der Waals surface area contributed by atoms with Crippen LogP contribution in [0.5, 0.6) is 5.75 Å². The van der Waals surface area contributed by atoms with Crippen LogP contribution in [-0.2, 0) is 25.4 Å². The number of ether oxygens (including phenoxy) is 4. The standard InChI is InChI=1S/C25H34O6S/c1-5-29-24(27)25(2,3)16-19(26)22-14-18-13-17(20(28-4)15-21(18)32-22)9-8-12-31-23-10-6-7-11-30-23/h13-15,23H,5-12,16H2,1-4H3/t23-/m0/s1. The summed E-state index contributed by atoms with van der Waals surface area (Å²) >= 11 is 1.43. The number of rotatable bonds is 11. The SMILES string of the molecule is CCOC(=O)C(C)(C)CC(=O)c1cc2cc(CCCO[C@H]3CCCCO3)c(OC)cc2s1. The van der Waals surface area contributed by atoms with E-state index in [1.54, 1.807) is 27.9 Å². The molecule has 2 aromatic rings. The Kier molecular flexibility index (Phi) is 8.68. The number of hydrogen-bond donors (Lipinski definition) is 0. The predicted molar refractivity (Wildman–Crippen MR) is 126 cm³/mol. The largest absolute Gasteiger partial charge is 0.496 e. The van der Waals surface area contributed by atoms with Gasteiger partial charge >= 0.3 is 5.97 Å². The molecule has 1 aromatic carbocycles. The summed E-state index contributed by atoms with van der Waals surface area (Å²) < 4.78 is 23.2.